The van der Waals surface area contributed by atoms with Crippen molar-refractivity contribution in [3.8, 4) is 0 Å². The van der Waals surface area contributed by atoms with E-state index in [0.29, 0.717) is 6.04 Å². The predicted molar refractivity (Wildman–Crippen MR) is 118 cm³/mol. The van der Waals surface area contributed by atoms with Crippen LogP contribution in [0.4, 0.5) is 5.69 Å². The highest BCUT2D eigenvalue weighted by Gasteiger charge is 2.26. The van der Waals surface area contributed by atoms with E-state index >= 15 is 0 Å². The maximum atomic E-state index is 12.9. The molecule has 0 aliphatic carbocycles. The quantitative estimate of drug-likeness (QED) is 0.603. The number of benzene rings is 2. The maximum absolute atomic E-state index is 12.9. The lowest BCUT2D eigenvalue weighted by Crippen LogP contribution is -2.40. The Bertz CT molecular complexity index is 974. The number of fused-ring (bicyclic) bond motifs is 1. The molecule has 2 saturated heterocycles. The van der Waals surface area contributed by atoms with Crippen molar-refractivity contribution in [1.29, 1.82) is 0 Å². The summed E-state index contributed by atoms with van der Waals surface area (Å²) in [5.74, 6) is 1.07. The number of carbonyl (C=O) groups is 1. The van der Waals surface area contributed by atoms with Crippen LogP contribution in [0.3, 0.4) is 0 Å². The summed E-state index contributed by atoms with van der Waals surface area (Å²) >= 11 is 0. The van der Waals surface area contributed by atoms with Crippen LogP contribution in [0, 0.1) is 5.92 Å². The molecule has 5 rings (SSSR count). The summed E-state index contributed by atoms with van der Waals surface area (Å²) in [6, 6.07) is 18.7. The third-order valence-electron chi connectivity index (χ3n) is 6.15. The van der Waals surface area contributed by atoms with Gasteiger partial charge in [0.15, 0.2) is 0 Å². The Morgan fingerprint density at radius 2 is 2.00 bits per heavy atom. The van der Waals surface area contributed by atoms with Gasteiger partial charge in [0.05, 0.1) is 12.5 Å². The van der Waals surface area contributed by atoms with E-state index in [1.54, 1.807) is 0 Å². The van der Waals surface area contributed by atoms with Crippen LogP contribution in [0.15, 0.2) is 59.0 Å². The van der Waals surface area contributed by atoms with Crippen LogP contribution in [-0.4, -0.2) is 30.4 Å². The number of likely N-dealkylation sites (tertiary alicyclic amines) is 1. The van der Waals surface area contributed by atoms with E-state index in [1.165, 1.54) is 5.56 Å². The smallest absolute Gasteiger partial charge is 0.228 e. The van der Waals surface area contributed by atoms with E-state index in [4.69, 9.17) is 4.42 Å². The number of rotatable bonds is 5. The first-order valence-corrected chi connectivity index (χ1v) is 10.8. The first-order chi connectivity index (χ1) is 14.7. The van der Waals surface area contributed by atoms with Crippen LogP contribution < -0.4 is 16.2 Å². The Kier molecular flexibility index (Phi) is 5.53. The third kappa shape index (κ3) is 4.26. The van der Waals surface area contributed by atoms with Crippen molar-refractivity contribution in [1.82, 2.24) is 15.8 Å². The molecule has 30 heavy (non-hydrogen) atoms. The van der Waals surface area contributed by atoms with E-state index < -0.39 is 0 Å². The van der Waals surface area contributed by atoms with Gasteiger partial charge in [-0.2, -0.15) is 0 Å². The highest BCUT2D eigenvalue weighted by molar-refractivity contribution is 5.92. The summed E-state index contributed by atoms with van der Waals surface area (Å²) in [5, 5.41) is 4.24. The topological polar surface area (TPSA) is 69.5 Å². The van der Waals surface area contributed by atoms with Gasteiger partial charge in [0.1, 0.15) is 11.3 Å². The number of nitrogens with one attached hydrogen (secondary N) is 3. The van der Waals surface area contributed by atoms with Crippen LogP contribution in [0.1, 0.15) is 36.6 Å². The largest absolute Gasteiger partial charge is 0.460 e. The molecular formula is C24H28N4O2. The van der Waals surface area contributed by atoms with Crippen molar-refractivity contribution < 1.29 is 9.21 Å². The molecular weight excluding hydrogens is 376 g/mol. The second-order valence-electron chi connectivity index (χ2n) is 8.35. The minimum Gasteiger partial charge on any atom is -0.460 e. The highest BCUT2D eigenvalue weighted by atomic mass is 16.3. The molecule has 3 N–H and O–H groups in total. The second-order valence-corrected chi connectivity index (χ2v) is 8.35. The first kappa shape index (κ1) is 19.3. The minimum absolute atomic E-state index is 0.00324. The van der Waals surface area contributed by atoms with Crippen LogP contribution >= 0.6 is 0 Å². The Morgan fingerprint density at radius 1 is 1.13 bits per heavy atom. The summed E-state index contributed by atoms with van der Waals surface area (Å²) < 4.78 is 5.96. The van der Waals surface area contributed by atoms with Crippen LogP contribution in [0.5, 0.6) is 0 Å². The van der Waals surface area contributed by atoms with Gasteiger partial charge in [-0.3, -0.25) is 20.5 Å². The fourth-order valence-electron chi connectivity index (χ4n) is 4.53. The molecule has 0 saturated carbocycles. The van der Waals surface area contributed by atoms with Crippen LogP contribution in [0.2, 0.25) is 0 Å². The molecule has 0 bridgehead atoms. The van der Waals surface area contributed by atoms with Gasteiger partial charge in [-0.1, -0.05) is 30.3 Å². The summed E-state index contributed by atoms with van der Waals surface area (Å²) in [4.78, 5) is 15.2. The number of amides is 1. The van der Waals surface area contributed by atoms with E-state index in [-0.39, 0.29) is 11.8 Å². The van der Waals surface area contributed by atoms with Crippen LogP contribution in [-0.2, 0) is 11.3 Å². The molecule has 156 valence electrons. The zero-order valence-corrected chi connectivity index (χ0v) is 17.1. The number of hydrogen-bond donors (Lipinski definition) is 3. The van der Waals surface area contributed by atoms with Gasteiger partial charge in [0.25, 0.3) is 0 Å². The van der Waals surface area contributed by atoms with Crippen molar-refractivity contribution in [3.05, 3.63) is 65.9 Å². The fraction of sp³-hybridized carbons (Fsp3) is 0.375. The molecule has 2 aliphatic rings. The van der Waals surface area contributed by atoms with E-state index in [1.807, 2.05) is 30.3 Å². The molecule has 2 unspecified atom stereocenters. The van der Waals surface area contributed by atoms with Gasteiger partial charge in [0, 0.05) is 30.2 Å². The molecule has 3 heterocycles. The Morgan fingerprint density at radius 3 is 2.80 bits per heavy atom. The molecule has 1 amide bonds. The van der Waals surface area contributed by atoms with Gasteiger partial charge in [-0.05, 0) is 55.6 Å². The van der Waals surface area contributed by atoms with E-state index in [9.17, 15) is 4.79 Å². The minimum atomic E-state index is 0.00324. The van der Waals surface area contributed by atoms with E-state index in [2.05, 4.69) is 45.3 Å². The molecule has 0 radical (unpaired) electrons. The van der Waals surface area contributed by atoms with Gasteiger partial charge in [-0.25, -0.2) is 0 Å². The molecule has 2 fully saturated rings. The van der Waals surface area contributed by atoms with Gasteiger partial charge in [-0.15, -0.1) is 0 Å². The normalized spacial score (nSPS) is 22.4. The summed E-state index contributed by atoms with van der Waals surface area (Å²) in [5.41, 5.74) is 9.46. The summed E-state index contributed by atoms with van der Waals surface area (Å²) in [7, 11) is 0. The lowest BCUT2D eigenvalue weighted by atomic mass is 9.96. The Hall–Kier alpha value is -2.67. The lowest BCUT2D eigenvalue weighted by molar-refractivity contribution is -0.121. The number of anilines is 1. The second kappa shape index (κ2) is 8.60. The monoisotopic (exact) mass is 404 g/mol. The maximum Gasteiger partial charge on any atom is 0.228 e. The van der Waals surface area contributed by atoms with Gasteiger partial charge >= 0.3 is 0 Å². The van der Waals surface area contributed by atoms with Crippen molar-refractivity contribution in [2.75, 3.05) is 25.0 Å². The summed E-state index contributed by atoms with van der Waals surface area (Å²) in [6.07, 6.45) is 3.03. The number of hydrazine groups is 1. The number of furan rings is 1. The molecule has 0 spiro atoms. The molecule has 2 aromatic carbocycles. The Balaban J connectivity index is 1.18. The summed E-state index contributed by atoms with van der Waals surface area (Å²) in [6.45, 7) is 3.49. The van der Waals surface area contributed by atoms with Crippen molar-refractivity contribution in [2.45, 2.75) is 31.8 Å². The predicted octanol–water partition coefficient (Wildman–Crippen LogP) is 3.82. The molecule has 6 heteroatoms. The molecule has 2 atom stereocenters. The van der Waals surface area contributed by atoms with Gasteiger partial charge in [0.2, 0.25) is 5.91 Å². The van der Waals surface area contributed by atoms with Crippen molar-refractivity contribution >= 4 is 22.6 Å². The lowest BCUT2D eigenvalue weighted by Gasteiger charge is -2.31. The number of hydrogen-bond acceptors (Lipinski definition) is 5. The number of para-hydroxylation sites is 1. The average Bonchev–Trinajstić information content (AvgIpc) is 3.44. The number of carbonyl (C=O) groups excluding carboxylic acids is 1. The van der Waals surface area contributed by atoms with Crippen molar-refractivity contribution in [3.63, 3.8) is 0 Å². The van der Waals surface area contributed by atoms with Crippen LogP contribution in [0.25, 0.3) is 11.0 Å². The zero-order valence-electron chi connectivity index (χ0n) is 17.1. The first-order valence-electron chi connectivity index (χ1n) is 10.8. The molecule has 6 nitrogen and oxygen atoms in total. The third-order valence-corrected chi connectivity index (χ3v) is 6.15. The number of nitrogens with zero attached hydrogens (tertiary/aromatic N) is 1. The molecule has 2 aliphatic heterocycles. The van der Waals surface area contributed by atoms with Crippen molar-refractivity contribution in [2.24, 2.45) is 5.92 Å². The standard InChI is InChI=1S/C24H28N4O2/c29-24(26-20-9-7-17(8-10-20)22-11-12-25-27-22)19-5-3-13-28(15-19)16-21-14-18-4-1-2-6-23(18)30-21/h1-2,4,6-10,14,19,22,25,27H,3,5,11-13,15-16H2,(H,26,29). The fourth-order valence-corrected chi connectivity index (χ4v) is 4.53. The molecule has 1 aromatic heterocycles. The van der Waals surface area contributed by atoms with E-state index in [0.717, 1.165) is 67.9 Å². The average molecular weight is 405 g/mol. The SMILES string of the molecule is O=C(Nc1ccc(C2CCNN2)cc1)C1CCCN(Cc2cc3ccccc3o2)C1. The molecule has 3 aromatic rings. The van der Waals surface area contributed by atoms with Gasteiger partial charge < -0.3 is 9.73 Å². The number of piperidine rings is 1. The highest BCUT2D eigenvalue weighted by Crippen LogP contribution is 2.25. The zero-order chi connectivity index (χ0) is 20.3. The Labute approximate surface area is 176 Å².